The molecule has 1 saturated heterocycles. The van der Waals surface area contributed by atoms with Crippen LogP contribution >= 0.6 is 0 Å². The predicted octanol–water partition coefficient (Wildman–Crippen LogP) is 1.07. The lowest BCUT2D eigenvalue weighted by molar-refractivity contribution is -0.141. The Morgan fingerprint density at radius 1 is 1.42 bits per heavy atom. The minimum Gasteiger partial charge on any atom is -0.443 e. The molecule has 1 aliphatic heterocycles. The van der Waals surface area contributed by atoms with Gasteiger partial charge in [-0.15, -0.1) is 5.10 Å². The van der Waals surface area contributed by atoms with Crippen molar-refractivity contribution in [3.8, 4) is 11.6 Å². The molecular formula is C17H23N5O4. The lowest BCUT2D eigenvalue weighted by atomic mass is 10.0. The molecule has 0 aromatic carbocycles. The SMILES string of the molecule is CCC(=O)[C@@H]1C[C@@H](O)CN1C(=O)[C@H](C(C)C)n1cc(-c2ncco2)nn1. The average molecular weight is 361 g/mol. The molecule has 1 N–H and O–H groups in total. The largest absolute Gasteiger partial charge is 0.443 e. The minimum absolute atomic E-state index is 0.0449. The number of aliphatic hydroxyl groups is 1. The first-order valence-corrected chi connectivity index (χ1v) is 8.75. The summed E-state index contributed by atoms with van der Waals surface area (Å²) in [5, 5.41) is 18.1. The van der Waals surface area contributed by atoms with Crippen LogP contribution in [0.25, 0.3) is 11.6 Å². The Labute approximate surface area is 151 Å². The summed E-state index contributed by atoms with van der Waals surface area (Å²) in [5.41, 5.74) is 0.427. The average Bonchev–Trinajstić information content (AvgIpc) is 3.33. The van der Waals surface area contributed by atoms with Crippen LogP contribution in [0.4, 0.5) is 0 Å². The summed E-state index contributed by atoms with van der Waals surface area (Å²) in [6, 6.07) is -1.22. The summed E-state index contributed by atoms with van der Waals surface area (Å²) in [4.78, 5) is 30.9. The van der Waals surface area contributed by atoms with E-state index in [1.54, 1.807) is 13.1 Å². The van der Waals surface area contributed by atoms with Crippen molar-refractivity contribution in [1.29, 1.82) is 0 Å². The van der Waals surface area contributed by atoms with Gasteiger partial charge in [0.05, 0.1) is 24.5 Å². The second kappa shape index (κ2) is 7.36. The summed E-state index contributed by atoms with van der Waals surface area (Å²) in [5.74, 6) is -0.0535. The lowest BCUT2D eigenvalue weighted by Gasteiger charge is -2.29. The molecule has 1 fully saturated rings. The smallest absolute Gasteiger partial charge is 0.248 e. The molecule has 3 rings (SSSR count). The zero-order valence-electron chi connectivity index (χ0n) is 15.1. The number of likely N-dealkylation sites (tertiary alicyclic amines) is 1. The first-order valence-electron chi connectivity index (χ1n) is 8.75. The Bertz CT molecular complexity index is 770. The van der Waals surface area contributed by atoms with Crippen molar-refractivity contribution >= 4 is 11.7 Å². The number of carbonyl (C=O) groups is 2. The van der Waals surface area contributed by atoms with Crippen LogP contribution in [0.2, 0.25) is 0 Å². The minimum atomic E-state index is -0.689. The van der Waals surface area contributed by atoms with Gasteiger partial charge < -0.3 is 14.4 Å². The van der Waals surface area contributed by atoms with E-state index in [1.165, 1.54) is 22.0 Å². The van der Waals surface area contributed by atoms with Gasteiger partial charge in [-0.3, -0.25) is 9.59 Å². The maximum atomic E-state index is 13.2. The Balaban J connectivity index is 1.88. The number of carbonyl (C=O) groups excluding carboxylic acids is 2. The molecular weight excluding hydrogens is 338 g/mol. The van der Waals surface area contributed by atoms with Crippen LogP contribution in [0.3, 0.4) is 0 Å². The number of β-amino-alcohol motifs (C(OH)–C–C–N with tert-alkyl or cyclic N) is 1. The van der Waals surface area contributed by atoms with E-state index in [1.807, 2.05) is 13.8 Å². The summed E-state index contributed by atoms with van der Waals surface area (Å²) >= 11 is 0. The predicted molar refractivity (Wildman–Crippen MR) is 90.8 cm³/mol. The van der Waals surface area contributed by atoms with Crippen LogP contribution in [-0.2, 0) is 9.59 Å². The second-order valence-corrected chi connectivity index (χ2v) is 6.83. The van der Waals surface area contributed by atoms with Crippen LogP contribution in [0.15, 0.2) is 23.1 Å². The van der Waals surface area contributed by atoms with Gasteiger partial charge >= 0.3 is 0 Å². The number of hydrogen-bond donors (Lipinski definition) is 1. The summed E-state index contributed by atoms with van der Waals surface area (Å²) in [6.07, 6.45) is 4.47. The molecule has 2 aromatic heterocycles. The third-order valence-corrected chi connectivity index (χ3v) is 4.61. The molecule has 9 nitrogen and oxygen atoms in total. The number of aromatic nitrogens is 4. The standard InChI is InChI=1S/C17H23N5O4/c1-4-14(24)13-7-11(23)8-21(13)17(25)15(10(2)3)22-9-12(19-20-22)16-18-5-6-26-16/h5-6,9-11,13,15,23H,4,7-8H2,1-3H3/t11-,13+,15+/m1/s1. The summed E-state index contributed by atoms with van der Waals surface area (Å²) in [7, 11) is 0. The Morgan fingerprint density at radius 2 is 2.19 bits per heavy atom. The Morgan fingerprint density at radius 3 is 2.81 bits per heavy atom. The van der Waals surface area contributed by atoms with Crippen molar-refractivity contribution in [3.05, 3.63) is 18.7 Å². The van der Waals surface area contributed by atoms with Crippen LogP contribution in [-0.4, -0.2) is 60.4 Å². The van der Waals surface area contributed by atoms with Gasteiger partial charge in [-0.05, 0) is 5.92 Å². The van der Waals surface area contributed by atoms with E-state index in [4.69, 9.17) is 4.42 Å². The van der Waals surface area contributed by atoms with Gasteiger partial charge in [0.25, 0.3) is 0 Å². The van der Waals surface area contributed by atoms with Gasteiger partial charge in [0.15, 0.2) is 11.5 Å². The summed E-state index contributed by atoms with van der Waals surface area (Å²) < 4.78 is 6.69. The molecule has 0 bridgehead atoms. The highest BCUT2D eigenvalue weighted by Crippen LogP contribution is 2.28. The maximum absolute atomic E-state index is 13.2. The topological polar surface area (TPSA) is 114 Å². The van der Waals surface area contributed by atoms with Crippen molar-refractivity contribution in [2.75, 3.05) is 6.54 Å². The molecule has 1 amide bonds. The second-order valence-electron chi connectivity index (χ2n) is 6.83. The monoisotopic (exact) mass is 361 g/mol. The van der Waals surface area contributed by atoms with Gasteiger partial charge in [-0.2, -0.15) is 0 Å². The lowest BCUT2D eigenvalue weighted by Crippen LogP contribution is -2.45. The van der Waals surface area contributed by atoms with Crippen molar-refractivity contribution in [3.63, 3.8) is 0 Å². The number of ketones is 1. The number of hydrogen-bond acceptors (Lipinski definition) is 7. The number of nitrogens with zero attached hydrogens (tertiary/aromatic N) is 5. The molecule has 2 aromatic rings. The molecule has 1 aliphatic rings. The highest BCUT2D eigenvalue weighted by atomic mass is 16.3. The van der Waals surface area contributed by atoms with E-state index < -0.39 is 18.2 Å². The molecule has 26 heavy (non-hydrogen) atoms. The van der Waals surface area contributed by atoms with E-state index in [0.29, 0.717) is 18.0 Å². The Kier molecular flexibility index (Phi) is 5.17. The third kappa shape index (κ3) is 3.39. The maximum Gasteiger partial charge on any atom is 0.248 e. The highest BCUT2D eigenvalue weighted by molar-refractivity contribution is 5.91. The fraction of sp³-hybridized carbons (Fsp3) is 0.588. The fourth-order valence-corrected chi connectivity index (χ4v) is 3.33. The van der Waals surface area contributed by atoms with Crippen molar-refractivity contribution in [2.45, 2.75) is 51.8 Å². The van der Waals surface area contributed by atoms with Crippen LogP contribution in [0, 0.1) is 5.92 Å². The van der Waals surface area contributed by atoms with Gasteiger partial charge in [-0.1, -0.05) is 26.0 Å². The Hall–Kier alpha value is -2.55. The zero-order valence-corrected chi connectivity index (χ0v) is 15.1. The van der Waals surface area contributed by atoms with Gasteiger partial charge in [0, 0.05) is 19.4 Å². The van der Waals surface area contributed by atoms with Crippen LogP contribution in [0.5, 0.6) is 0 Å². The fourth-order valence-electron chi connectivity index (χ4n) is 3.33. The number of rotatable bonds is 6. The van der Waals surface area contributed by atoms with Crippen molar-refractivity contribution in [2.24, 2.45) is 5.92 Å². The zero-order chi connectivity index (χ0) is 18.8. The molecule has 9 heteroatoms. The molecule has 0 saturated carbocycles. The van der Waals surface area contributed by atoms with Crippen molar-refractivity contribution in [1.82, 2.24) is 24.9 Å². The van der Waals surface area contributed by atoms with E-state index in [9.17, 15) is 14.7 Å². The van der Waals surface area contributed by atoms with Crippen molar-refractivity contribution < 1.29 is 19.1 Å². The van der Waals surface area contributed by atoms with E-state index >= 15 is 0 Å². The third-order valence-electron chi connectivity index (χ3n) is 4.61. The normalized spacial score (nSPS) is 21.3. The number of aliphatic hydroxyl groups excluding tert-OH is 1. The molecule has 0 unspecified atom stereocenters. The van der Waals surface area contributed by atoms with E-state index in [0.717, 1.165) is 0 Å². The molecule has 140 valence electrons. The van der Waals surface area contributed by atoms with Gasteiger partial charge in [-0.25, -0.2) is 9.67 Å². The number of Topliss-reactive ketones (excluding diaryl/α,β-unsaturated/α-hetero) is 1. The van der Waals surface area contributed by atoms with Crippen LogP contribution in [0.1, 0.15) is 39.7 Å². The van der Waals surface area contributed by atoms with E-state index in [-0.39, 0.29) is 30.6 Å². The number of oxazole rings is 1. The molecule has 0 spiro atoms. The quantitative estimate of drug-likeness (QED) is 0.818. The number of amides is 1. The summed E-state index contributed by atoms with van der Waals surface area (Å²) in [6.45, 7) is 5.71. The van der Waals surface area contributed by atoms with Gasteiger partial charge in [0.2, 0.25) is 11.8 Å². The molecule has 0 radical (unpaired) electrons. The van der Waals surface area contributed by atoms with Gasteiger partial charge in [0.1, 0.15) is 12.3 Å². The molecule has 3 heterocycles. The first-order chi connectivity index (χ1) is 12.4. The van der Waals surface area contributed by atoms with Crippen LogP contribution < -0.4 is 0 Å². The first kappa shape index (κ1) is 18.2. The highest BCUT2D eigenvalue weighted by Gasteiger charge is 2.41. The molecule has 3 atom stereocenters. The molecule has 0 aliphatic carbocycles. The van der Waals surface area contributed by atoms with E-state index in [2.05, 4.69) is 15.3 Å².